The van der Waals surface area contributed by atoms with Gasteiger partial charge in [-0.3, -0.25) is 19.2 Å². The van der Waals surface area contributed by atoms with E-state index in [2.05, 4.69) is 21.9 Å². The zero-order valence-corrected chi connectivity index (χ0v) is 20.2. The third-order valence-corrected chi connectivity index (χ3v) is 7.16. The number of benzene rings is 2. The molecule has 0 radical (unpaired) electrons. The van der Waals surface area contributed by atoms with E-state index in [-0.39, 0.29) is 5.56 Å². The van der Waals surface area contributed by atoms with Crippen molar-refractivity contribution in [2.75, 3.05) is 11.6 Å². The first-order valence-electron chi connectivity index (χ1n) is 12.6. The minimum Gasteiger partial charge on any atom is -0.457 e. The largest absolute Gasteiger partial charge is 0.457 e. The predicted octanol–water partition coefficient (Wildman–Crippen LogP) is 6.00. The number of anilines is 2. The lowest BCUT2D eigenvalue weighted by molar-refractivity contribution is 0.123. The fourth-order valence-electron chi connectivity index (χ4n) is 5.27. The summed E-state index contributed by atoms with van der Waals surface area (Å²) in [5.74, 6) is 2.34. The quantitative estimate of drug-likeness (QED) is 0.439. The number of aryl methyl sites for hydroxylation is 1. The van der Waals surface area contributed by atoms with Crippen LogP contribution in [0.2, 0.25) is 0 Å². The van der Waals surface area contributed by atoms with E-state index in [0.717, 1.165) is 41.1 Å². The summed E-state index contributed by atoms with van der Waals surface area (Å²) in [6.45, 7) is 5.34. The van der Waals surface area contributed by atoms with Gasteiger partial charge in [-0.05, 0) is 62.6 Å². The minimum atomic E-state index is 0.0948. The predicted molar refractivity (Wildman–Crippen MR) is 136 cm³/mol. The van der Waals surface area contributed by atoms with E-state index in [9.17, 15) is 4.79 Å². The first kappa shape index (κ1) is 22.7. The van der Waals surface area contributed by atoms with Crippen LogP contribution in [-0.2, 0) is 13.1 Å². The van der Waals surface area contributed by atoms with Gasteiger partial charge in [-0.25, -0.2) is 4.98 Å². The van der Waals surface area contributed by atoms with E-state index in [1.54, 1.807) is 0 Å². The van der Waals surface area contributed by atoms with E-state index in [4.69, 9.17) is 9.72 Å². The Bertz CT molecular complexity index is 1170. The Hall–Kier alpha value is -3.12. The van der Waals surface area contributed by atoms with E-state index in [1.165, 1.54) is 38.5 Å². The molecule has 178 valence electrons. The summed E-state index contributed by atoms with van der Waals surface area (Å²) in [6, 6.07) is 18.4. The average Bonchev–Trinajstić information content (AvgIpc) is 3.15. The molecule has 1 saturated carbocycles. The Kier molecular flexibility index (Phi) is 6.68. The van der Waals surface area contributed by atoms with Gasteiger partial charge >= 0.3 is 0 Å². The lowest BCUT2D eigenvalue weighted by Crippen LogP contribution is -2.51. The van der Waals surface area contributed by atoms with Gasteiger partial charge in [-0.1, -0.05) is 50.8 Å². The molecular weight excluding hydrogens is 424 g/mol. The molecule has 1 aliphatic carbocycles. The number of hydrogen-bond acceptors (Lipinski definition) is 5. The maximum absolute atomic E-state index is 13.4. The third kappa shape index (κ3) is 4.60. The van der Waals surface area contributed by atoms with Crippen molar-refractivity contribution in [1.29, 1.82) is 0 Å². The Morgan fingerprint density at radius 1 is 0.912 bits per heavy atom. The molecule has 6 nitrogen and oxygen atoms in total. The van der Waals surface area contributed by atoms with Gasteiger partial charge in [-0.15, -0.1) is 0 Å². The highest BCUT2D eigenvalue weighted by molar-refractivity contribution is 5.59. The van der Waals surface area contributed by atoms with Gasteiger partial charge in [0, 0.05) is 23.0 Å². The van der Waals surface area contributed by atoms with Gasteiger partial charge in [0.25, 0.3) is 5.56 Å². The molecule has 6 heteroatoms. The fourth-order valence-corrected chi connectivity index (χ4v) is 5.27. The van der Waals surface area contributed by atoms with Crippen molar-refractivity contribution >= 4 is 11.6 Å². The zero-order valence-electron chi connectivity index (χ0n) is 20.2. The Balaban J connectivity index is 1.49. The van der Waals surface area contributed by atoms with E-state index >= 15 is 0 Å². The van der Waals surface area contributed by atoms with E-state index < -0.39 is 0 Å². The summed E-state index contributed by atoms with van der Waals surface area (Å²) in [5.41, 5.74) is 2.76. The Morgan fingerprint density at radius 3 is 2.26 bits per heavy atom. The molecule has 0 atom stereocenters. The van der Waals surface area contributed by atoms with Crippen molar-refractivity contribution in [3.05, 3.63) is 76.2 Å². The van der Waals surface area contributed by atoms with Crippen molar-refractivity contribution in [2.24, 2.45) is 0 Å². The standard InChI is InChI=1S/C28H34N4O2/c1-3-26-21(2)29-28-31(23-15-17-25(18-16-23)34-24-13-9-6-10-14-24)19-30(20-32(28)27(26)33)22-11-7-4-5-8-12-22/h6,9-10,13-18,22H,3-5,7-8,11-12,19-20H2,1-2H3. The van der Waals surface area contributed by atoms with Crippen molar-refractivity contribution < 1.29 is 4.74 Å². The Labute approximate surface area is 201 Å². The second kappa shape index (κ2) is 10.0. The van der Waals surface area contributed by atoms with Crippen LogP contribution in [0.1, 0.15) is 56.7 Å². The van der Waals surface area contributed by atoms with E-state index in [0.29, 0.717) is 19.1 Å². The first-order valence-corrected chi connectivity index (χ1v) is 12.6. The van der Waals surface area contributed by atoms with Crippen molar-refractivity contribution in [3.8, 4) is 11.5 Å². The molecule has 1 aliphatic heterocycles. The number of aromatic nitrogens is 2. The molecule has 1 aromatic heterocycles. The normalized spacial score (nSPS) is 17.3. The zero-order chi connectivity index (χ0) is 23.5. The van der Waals surface area contributed by atoms with Crippen LogP contribution in [0.15, 0.2) is 59.4 Å². The fraction of sp³-hybridized carbons (Fsp3) is 0.429. The van der Waals surface area contributed by atoms with Crippen LogP contribution in [0.3, 0.4) is 0 Å². The maximum Gasteiger partial charge on any atom is 0.259 e. The van der Waals surface area contributed by atoms with Gasteiger partial charge < -0.3 is 4.74 Å². The smallest absolute Gasteiger partial charge is 0.259 e. The molecule has 0 saturated heterocycles. The molecule has 0 unspecified atom stereocenters. The van der Waals surface area contributed by atoms with Crippen LogP contribution in [0.25, 0.3) is 0 Å². The summed E-state index contributed by atoms with van der Waals surface area (Å²) in [7, 11) is 0. The van der Waals surface area contributed by atoms with Crippen LogP contribution in [0.4, 0.5) is 11.6 Å². The van der Waals surface area contributed by atoms with Gasteiger partial charge in [0.2, 0.25) is 5.95 Å². The summed E-state index contributed by atoms with van der Waals surface area (Å²) in [6.07, 6.45) is 8.25. The monoisotopic (exact) mass is 458 g/mol. The molecule has 0 spiro atoms. The summed E-state index contributed by atoms with van der Waals surface area (Å²) in [4.78, 5) is 23.0. The summed E-state index contributed by atoms with van der Waals surface area (Å²) >= 11 is 0. The number of para-hydroxylation sites is 1. The molecule has 5 rings (SSSR count). The average molecular weight is 459 g/mol. The van der Waals surface area contributed by atoms with Gasteiger partial charge in [0.1, 0.15) is 11.5 Å². The second-order valence-corrected chi connectivity index (χ2v) is 9.42. The van der Waals surface area contributed by atoms with Crippen molar-refractivity contribution in [2.45, 2.75) is 71.5 Å². The first-order chi connectivity index (χ1) is 16.6. The number of fused-ring (bicyclic) bond motifs is 1. The molecule has 3 aromatic rings. The van der Waals surface area contributed by atoms with E-state index in [1.807, 2.05) is 60.9 Å². The summed E-state index contributed by atoms with van der Waals surface area (Å²) < 4.78 is 7.87. The highest BCUT2D eigenvalue weighted by Gasteiger charge is 2.31. The molecule has 1 fully saturated rings. The third-order valence-electron chi connectivity index (χ3n) is 7.16. The molecule has 0 bridgehead atoms. The van der Waals surface area contributed by atoms with Gasteiger partial charge in [0.05, 0.1) is 13.3 Å². The van der Waals surface area contributed by atoms with Crippen molar-refractivity contribution in [1.82, 2.24) is 14.5 Å². The second-order valence-electron chi connectivity index (χ2n) is 9.42. The molecular formula is C28H34N4O2. The lowest BCUT2D eigenvalue weighted by atomic mass is 10.1. The number of nitrogens with zero attached hydrogens (tertiary/aromatic N) is 4. The van der Waals surface area contributed by atoms with Gasteiger partial charge in [-0.2, -0.15) is 0 Å². The topological polar surface area (TPSA) is 50.6 Å². The lowest BCUT2D eigenvalue weighted by Gasteiger charge is -2.42. The number of ether oxygens (including phenoxy) is 1. The molecule has 2 aromatic carbocycles. The number of hydrogen-bond donors (Lipinski definition) is 0. The van der Waals surface area contributed by atoms with Crippen LogP contribution < -0.4 is 15.2 Å². The summed E-state index contributed by atoms with van der Waals surface area (Å²) in [5, 5.41) is 0. The minimum absolute atomic E-state index is 0.0948. The Morgan fingerprint density at radius 2 is 1.59 bits per heavy atom. The van der Waals surface area contributed by atoms with Crippen molar-refractivity contribution in [3.63, 3.8) is 0 Å². The van der Waals surface area contributed by atoms with Crippen LogP contribution in [0, 0.1) is 6.92 Å². The SMILES string of the molecule is CCc1c(C)nc2n(c1=O)CN(C1CCCCCC1)CN2c1ccc(Oc2ccccc2)cc1. The number of rotatable bonds is 5. The van der Waals surface area contributed by atoms with Gasteiger partial charge in [0.15, 0.2) is 0 Å². The van der Waals surface area contributed by atoms with Crippen LogP contribution in [0.5, 0.6) is 11.5 Å². The molecule has 0 N–H and O–H groups in total. The molecule has 2 aliphatic rings. The highest BCUT2D eigenvalue weighted by Crippen LogP contribution is 2.33. The highest BCUT2D eigenvalue weighted by atomic mass is 16.5. The molecule has 34 heavy (non-hydrogen) atoms. The molecule has 2 heterocycles. The molecule has 0 amide bonds. The maximum atomic E-state index is 13.4. The van der Waals surface area contributed by atoms with Crippen LogP contribution >= 0.6 is 0 Å². The van der Waals surface area contributed by atoms with Crippen LogP contribution in [-0.4, -0.2) is 27.2 Å².